The molecule has 2 saturated heterocycles. The van der Waals surface area contributed by atoms with Crippen LogP contribution < -0.4 is 16.0 Å². The Kier molecular flexibility index (Phi) is 9.44. The van der Waals surface area contributed by atoms with Crippen LogP contribution in [0.25, 0.3) is 0 Å². The summed E-state index contributed by atoms with van der Waals surface area (Å²) in [7, 11) is 0. The number of likely N-dealkylation sites (tertiary alicyclic amines) is 1. The zero-order valence-electron chi connectivity index (χ0n) is 15.0. The number of piperidine rings is 2. The second-order valence-corrected chi connectivity index (χ2v) is 7.33. The van der Waals surface area contributed by atoms with Gasteiger partial charge in [-0.2, -0.15) is 0 Å². The van der Waals surface area contributed by atoms with E-state index in [2.05, 4.69) is 29.8 Å². The Morgan fingerprint density at radius 1 is 1.21 bits per heavy atom. The fraction of sp³-hybridized carbons (Fsp3) is 0.882. The van der Waals surface area contributed by atoms with Gasteiger partial charge in [0.2, 0.25) is 5.91 Å². The summed E-state index contributed by atoms with van der Waals surface area (Å²) in [6.07, 6.45) is 4.59. The van der Waals surface area contributed by atoms with Gasteiger partial charge >= 0.3 is 6.03 Å². The summed E-state index contributed by atoms with van der Waals surface area (Å²) in [5.74, 6) is 0.886. The molecule has 2 heterocycles. The Bertz CT molecular complexity index is 400. The number of rotatable bonds is 5. The third kappa shape index (κ3) is 7.26. The highest BCUT2D eigenvalue weighted by Crippen LogP contribution is 2.20. The Morgan fingerprint density at radius 3 is 2.58 bits per heavy atom. The van der Waals surface area contributed by atoms with Gasteiger partial charge < -0.3 is 20.9 Å². The number of hydrogen-bond acceptors (Lipinski definition) is 3. The van der Waals surface area contributed by atoms with Crippen LogP contribution in [0.4, 0.5) is 4.79 Å². The van der Waals surface area contributed by atoms with Gasteiger partial charge in [-0.1, -0.05) is 13.8 Å². The fourth-order valence-electron chi connectivity index (χ4n) is 3.33. The first-order valence-corrected chi connectivity index (χ1v) is 9.07. The Labute approximate surface area is 151 Å². The molecule has 2 aliphatic heterocycles. The van der Waals surface area contributed by atoms with E-state index in [1.54, 1.807) is 0 Å². The number of carbonyl (C=O) groups excluding carboxylic acids is 2. The quantitative estimate of drug-likeness (QED) is 0.699. The molecular formula is C17H33ClN4O2. The van der Waals surface area contributed by atoms with Crippen molar-refractivity contribution in [3.8, 4) is 0 Å². The molecule has 0 saturated carbocycles. The minimum absolute atomic E-state index is 0. The predicted octanol–water partition coefficient (Wildman–Crippen LogP) is 1.74. The predicted molar refractivity (Wildman–Crippen MR) is 98.4 cm³/mol. The van der Waals surface area contributed by atoms with Crippen LogP contribution in [-0.2, 0) is 4.79 Å². The molecule has 0 radical (unpaired) electrons. The molecule has 24 heavy (non-hydrogen) atoms. The highest BCUT2D eigenvalue weighted by atomic mass is 35.5. The van der Waals surface area contributed by atoms with Crippen LogP contribution >= 0.6 is 12.4 Å². The van der Waals surface area contributed by atoms with Crippen LogP contribution in [0, 0.1) is 11.8 Å². The third-order valence-electron chi connectivity index (χ3n) is 4.65. The molecule has 2 fully saturated rings. The number of halogens is 1. The van der Waals surface area contributed by atoms with E-state index < -0.39 is 0 Å². The molecule has 6 nitrogen and oxygen atoms in total. The number of hydrogen-bond donors (Lipinski definition) is 3. The molecule has 0 aromatic rings. The minimum atomic E-state index is 0. The molecule has 0 aliphatic carbocycles. The van der Waals surface area contributed by atoms with Gasteiger partial charge in [-0.15, -0.1) is 12.4 Å². The highest BCUT2D eigenvalue weighted by Gasteiger charge is 2.26. The van der Waals surface area contributed by atoms with Crippen molar-refractivity contribution >= 4 is 24.3 Å². The summed E-state index contributed by atoms with van der Waals surface area (Å²) in [4.78, 5) is 26.2. The van der Waals surface area contributed by atoms with Gasteiger partial charge in [0.15, 0.2) is 0 Å². The number of amides is 3. The van der Waals surface area contributed by atoms with Crippen LogP contribution in [0.3, 0.4) is 0 Å². The van der Waals surface area contributed by atoms with Crippen molar-refractivity contribution in [3.63, 3.8) is 0 Å². The zero-order valence-corrected chi connectivity index (χ0v) is 15.8. The van der Waals surface area contributed by atoms with Crippen LogP contribution in [0.15, 0.2) is 0 Å². The van der Waals surface area contributed by atoms with Gasteiger partial charge in [0.1, 0.15) is 0 Å². The average Bonchev–Trinajstić information content (AvgIpc) is 2.53. The summed E-state index contributed by atoms with van der Waals surface area (Å²) >= 11 is 0. The van der Waals surface area contributed by atoms with Crippen LogP contribution in [0.1, 0.15) is 46.0 Å². The molecular weight excluding hydrogens is 328 g/mol. The minimum Gasteiger partial charge on any atom is -0.353 e. The molecule has 3 amide bonds. The van der Waals surface area contributed by atoms with Crippen molar-refractivity contribution in [1.82, 2.24) is 20.9 Å². The molecule has 1 unspecified atom stereocenters. The van der Waals surface area contributed by atoms with E-state index >= 15 is 0 Å². The normalized spacial score (nSPS) is 22.0. The summed E-state index contributed by atoms with van der Waals surface area (Å²) < 4.78 is 0. The number of nitrogens with one attached hydrogen (secondary N) is 3. The van der Waals surface area contributed by atoms with Gasteiger partial charge in [0.25, 0.3) is 0 Å². The first-order valence-electron chi connectivity index (χ1n) is 9.07. The monoisotopic (exact) mass is 360 g/mol. The van der Waals surface area contributed by atoms with Gasteiger partial charge in [-0.3, -0.25) is 4.79 Å². The van der Waals surface area contributed by atoms with Crippen LogP contribution in [-0.4, -0.2) is 55.6 Å². The van der Waals surface area contributed by atoms with Crippen molar-refractivity contribution in [2.75, 3.05) is 32.7 Å². The van der Waals surface area contributed by atoms with Crippen molar-refractivity contribution < 1.29 is 9.59 Å². The molecule has 0 aromatic carbocycles. The number of urea groups is 1. The van der Waals surface area contributed by atoms with Crippen molar-refractivity contribution in [3.05, 3.63) is 0 Å². The lowest BCUT2D eigenvalue weighted by Gasteiger charge is -2.33. The van der Waals surface area contributed by atoms with E-state index in [4.69, 9.17) is 0 Å². The Morgan fingerprint density at radius 2 is 1.92 bits per heavy atom. The van der Waals surface area contributed by atoms with Crippen molar-refractivity contribution in [2.45, 2.75) is 52.0 Å². The lowest BCUT2D eigenvalue weighted by molar-refractivity contribution is -0.123. The fourth-order valence-corrected chi connectivity index (χ4v) is 3.33. The number of nitrogens with zero attached hydrogens (tertiary/aromatic N) is 1. The van der Waals surface area contributed by atoms with E-state index in [-0.39, 0.29) is 30.3 Å². The maximum atomic E-state index is 12.2. The largest absolute Gasteiger partial charge is 0.353 e. The Balaban J connectivity index is 0.00000288. The lowest BCUT2D eigenvalue weighted by atomic mass is 9.94. The van der Waals surface area contributed by atoms with Crippen LogP contribution in [0.2, 0.25) is 0 Å². The van der Waals surface area contributed by atoms with Crippen molar-refractivity contribution in [2.24, 2.45) is 11.8 Å². The van der Waals surface area contributed by atoms with E-state index in [1.165, 1.54) is 0 Å². The molecule has 7 heteroatoms. The van der Waals surface area contributed by atoms with E-state index in [0.29, 0.717) is 31.5 Å². The van der Waals surface area contributed by atoms with Gasteiger partial charge in [0, 0.05) is 32.1 Å². The van der Waals surface area contributed by atoms with E-state index in [0.717, 1.165) is 45.3 Å². The maximum Gasteiger partial charge on any atom is 0.317 e. The second-order valence-electron chi connectivity index (χ2n) is 7.33. The number of carbonyl (C=O) groups is 2. The summed E-state index contributed by atoms with van der Waals surface area (Å²) in [5, 5.41) is 9.43. The highest BCUT2D eigenvalue weighted by molar-refractivity contribution is 5.85. The van der Waals surface area contributed by atoms with Crippen molar-refractivity contribution in [1.29, 1.82) is 0 Å². The maximum absolute atomic E-state index is 12.2. The molecule has 2 rings (SSSR count). The van der Waals surface area contributed by atoms with Crippen LogP contribution in [0.5, 0.6) is 0 Å². The van der Waals surface area contributed by atoms with E-state index in [1.807, 2.05) is 4.90 Å². The Hall–Kier alpha value is -1.01. The van der Waals surface area contributed by atoms with Gasteiger partial charge in [0.05, 0.1) is 0 Å². The van der Waals surface area contributed by atoms with Gasteiger partial charge in [-0.05, 0) is 50.6 Å². The van der Waals surface area contributed by atoms with E-state index in [9.17, 15) is 9.59 Å². The zero-order chi connectivity index (χ0) is 16.7. The van der Waals surface area contributed by atoms with Gasteiger partial charge in [-0.25, -0.2) is 4.79 Å². The SMILES string of the molecule is CC(C)CNC(=O)N1CCCC(CC(=O)NC2CCNCC2)C1.Cl. The third-order valence-corrected chi connectivity index (χ3v) is 4.65. The molecule has 0 bridgehead atoms. The smallest absolute Gasteiger partial charge is 0.317 e. The summed E-state index contributed by atoms with van der Waals surface area (Å²) in [6.45, 7) is 8.35. The summed E-state index contributed by atoms with van der Waals surface area (Å²) in [6, 6.07) is 0.333. The first-order chi connectivity index (χ1) is 11.0. The lowest BCUT2D eigenvalue weighted by Crippen LogP contribution is -2.48. The molecule has 0 spiro atoms. The first kappa shape index (κ1) is 21.0. The molecule has 0 aromatic heterocycles. The molecule has 1 atom stereocenters. The summed E-state index contributed by atoms with van der Waals surface area (Å²) in [5.41, 5.74) is 0. The average molecular weight is 361 g/mol. The second kappa shape index (κ2) is 10.8. The molecule has 140 valence electrons. The molecule has 2 aliphatic rings. The topological polar surface area (TPSA) is 73.5 Å². The standard InChI is InChI=1S/C17H32N4O2.ClH/c1-13(2)11-19-17(23)21-9-3-4-14(12-21)10-16(22)20-15-5-7-18-8-6-15;/h13-15,18H,3-12H2,1-2H3,(H,19,23)(H,20,22);1H. The molecule has 3 N–H and O–H groups in total.